The van der Waals surface area contributed by atoms with E-state index in [1.807, 2.05) is 31.2 Å². The van der Waals surface area contributed by atoms with Crippen LogP contribution in [0.1, 0.15) is 18.4 Å². The minimum atomic E-state index is -0.255. The summed E-state index contributed by atoms with van der Waals surface area (Å²) in [5, 5.41) is 5.24. The number of amides is 1. The molecule has 102 valence electrons. The van der Waals surface area contributed by atoms with Crippen LogP contribution in [0, 0.1) is 6.92 Å². The van der Waals surface area contributed by atoms with E-state index in [1.165, 1.54) is 11.3 Å². The van der Waals surface area contributed by atoms with Gasteiger partial charge >= 0.3 is 0 Å². The van der Waals surface area contributed by atoms with Gasteiger partial charge in [-0.2, -0.15) is 0 Å². The SMILES string of the molecule is Cc1cnc(CN(C)[C@H](C)C(=O)Nc2nccs2)[nH]1. The summed E-state index contributed by atoms with van der Waals surface area (Å²) in [4.78, 5) is 25.4. The third-order valence-corrected chi connectivity index (χ3v) is 3.55. The Bertz CT molecular complexity index is 536. The molecule has 0 saturated carbocycles. The molecule has 0 unspecified atom stereocenters. The third kappa shape index (κ3) is 3.62. The lowest BCUT2D eigenvalue weighted by Crippen LogP contribution is -2.39. The zero-order valence-electron chi connectivity index (χ0n) is 11.2. The van der Waals surface area contributed by atoms with E-state index in [0.717, 1.165) is 11.5 Å². The van der Waals surface area contributed by atoms with E-state index in [9.17, 15) is 4.79 Å². The quantitative estimate of drug-likeness (QED) is 0.872. The first-order valence-electron chi connectivity index (χ1n) is 5.97. The van der Waals surface area contributed by atoms with Crippen molar-refractivity contribution in [2.45, 2.75) is 26.4 Å². The number of carbonyl (C=O) groups excluding carboxylic acids is 1. The van der Waals surface area contributed by atoms with Crippen molar-refractivity contribution in [2.75, 3.05) is 12.4 Å². The molecule has 19 heavy (non-hydrogen) atoms. The molecule has 0 radical (unpaired) electrons. The summed E-state index contributed by atoms with van der Waals surface area (Å²) < 4.78 is 0. The normalized spacial score (nSPS) is 12.6. The number of nitrogens with zero attached hydrogens (tertiary/aromatic N) is 3. The smallest absolute Gasteiger partial charge is 0.243 e. The summed E-state index contributed by atoms with van der Waals surface area (Å²) in [5.74, 6) is 0.787. The first-order valence-corrected chi connectivity index (χ1v) is 6.85. The maximum absolute atomic E-state index is 12.0. The van der Waals surface area contributed by atoms with E-state index in [4.69, 9.17) is 0 Å². The Hall–Kier alpha value is -1.73. The van der Waals surface area contributed by atoms with Crippen LogP contribution in [0.4, 0.5) is 5.13 Å². The monoisotopic (exact) mass is 279 g/mol. The lowest BCUT2D eigenvalue weighted by molar-refractivity contribution is -0.120. The number of nitrogens with one attached hydrogen (secondary N) is 2. The lowest BCUT2D eigenvalue weighted by atomic mass is 10.3. The molecule has 0 saturated heterocycles. The van der Waals surface area contributed by atoms with Gasteiger partial charge in [0.1, 0.15) is 5.82 Å². The van der Waals surface area contributed by atoms with E-state index in [0.29, 0.717) is 11.7 Å². The van der Waals surface area contributed by atoms with Crippen LogP contribution in [0.2, 0.25) is 0 Å². The van der Waals surface area contributed by atoms with Gasteiger partial charge in [0, 0.05) is 23.5 Å². The van der Waals surface area contributed by atoms with Gasteiger partial charge in [0.25, 0.3) is 0 Å². The number of hydrogen-bond acceptors (Lipinski definition) is 5. The molecule has 2 N–H and O–H groups in total. The van der Waals surface area contributed by atoms with Crippen LogP contribution in [0.3, 0.4) is 0 Å². The Morgan fingerprint density at radius 2 is 2.37 bits per heavy atom. The van der Waals surface area contributed by atoms with Gasteiger partial charge in [0.15, 0.2) is 5.13 Å². The van der Waals surface area contributed by atoms with Crippen molar-refractivity contribution in [1.82, 2.24) is 19.9 Å². The van der Waals surface area contributed by atoms with Crippen LogP contribution in [0.5, 0.6) is 0 Å². The number of rotatable bonds is 5. The lowest BCUT2D eigenvalue weighted by Gasteiger charge is -2.22. The fourth-order valence-electron chi connectivity index (χ4n) is 1.62. The predicted octanol–water partition coefficient (Wildman–Crippen LogP) is 1.63. The summed E-state index contributed by atoms with van der Waals surface area (Å²) in [5.41, 5.74) is 1.02. The molecular weight excluding hydrogens is 262 g/mol. The van der Waals surface area contributed by atoms with Gasteiger partial charge in [-0.25, -0.2) is 9.97 Å². The zero-order valence-corrected chi connectivity index (χ0v) is 12.0. The second-order valence-corrected chi connectivity index (χ2v) is 5.33. The molecule has 0 aromatic carbocycles. The highest BCUT2D eigenvalue weighted by atomic mass is 32.1. The Kier molecular flexibility index (Phi) is 4.28. The third-order valence-electron chi connectivity index (χ3n) is 2.86. The van der Waals surface area contributed by atoms with Gasteiger partial charge in [-0.1, -0.05) is 0 Å². The minimum Gasteiger partial charge on any atom is -0.345 e. The van der Waals surface area contributed by atoms with Crippen LogP contribution < -0.4 is 5.32 Å². The number of aromatic nitrogens is 3. The molecule has 0 aliphatic rings. The van der Waals surface area contributed by atoms with E-state index in [-0.39, 0.29) is 11.9 Å². The van der Waals surface area contributed by atoms with E-state index < -0.39 is 0 Å². The van der Waals surface area contributed by atoms with E-state index in [1.54, 1.807) is 12.4 Å². The van der Waals surface area contributed by atoms with Crippen molar-refractivity contribution in [3.05, 3.63) is 29.3 Å². The van der Waals surface area contributed by atoms with Crippen LogP contribution in [0.25, 0.3) is 0 Å². The van der Waals surface area contributed by atoms with Gasteiger partial charge in [-0.05, 0) is 20.9 Å². The van der Waals surface area contributed by atoms with E-state index >= 15 is 0 Å². The maximum atomic E-state index is 12.0. The molecule has 0 fully saturated rings. The van der Waals surface area contributed by atoms with Crippen LogP contribution in [0.15, 0.2) is 17.8 Å². The average Bonchev–Trinajstić information content (AvgIpc) is 3.00. The highest BCUT2D eigenvalue weighted by Gasteiger charge is 2.19. The molecule has 0 bridgehead atoms. The van der Waals surface area contributed by atoms with Crippen LogP contribution in [-0.4, -0.2) is 38.8 Å². The molecular formula is C12H17N5OS. The molecule has 1 amide bonds. The van der Waals surface area contributed by atoms with Crippen molar-refractivity contribution < 1.29 is 4.79 Å². The fourth-order valence-corrected chi connectivity index (χ4v) is 2.15. The average molecular weight is 279 g/mol. The minimum absolute atomic E-state index is 0.0688. The standard InChI is InChI=1S/C12H17N5OS/c1-8-6-14-10(15-8)7-17(3)9(2)11(18)16-12-13-4-5-19-12/h4-6,9H,7H2,1-3H3,(H,14,15)(H,13,16,18)/t9-/m1/s1. The molecule has 2 heterocycles. The number of anilines is 1. The van der Waals surface area contributed by atoms with Crippen molar-refractivity contribution >= 4 is 22.4 Å². The summed E-state index contributed by atoms with van der Waals surface area (Å²) in [6, 6.07) is -0.255. The summed E-state index contributed by atoms with van der Waals surface area (Å²) in [6.45, 7) is 4.41. The first-order chi connectivity index (χ1) is 9.06. The second-order valence-electron chi connectivity index (χ2n) is 4.43. The Labute approximate surface area is 115 Å². The van der Waals surface area contributed by atoms with E-state index in [2.05, 4.69) is 20.3 Å². The molecule has 0 aliphatic heterocycles. The highest BCUT2D eigenvalue weighted by Crippen LogP contribution is 2.12. The molecule has 6 nitrogen and oxygen atoms in total. The summed E-state index contributed by atoms with van der Waals surface area (Å²) >= 11 is 1.41. The first kappa shape index (κ1) is 13.7. The highest BCUT2D eigenvalue weighted by molar-refractivity contribution is 7.13. The number of H-pyrrole nitrogens is 1. The Balaban J connectivity index is 1.91. The van der Waals surface area contributed by atoms with Gasteiger partial charge in [0.05, 0.1) is 12.6 Å². The number of likely N-dealkylation sites (N-methyl/N-ethyl adjacent to an activating group) is 1. The van der Waals surface area contributed by atoms with Crippen molar-refractivity contribution in [2.24, 2.45) is 0 Å². The van der Waals surface area contributed by atoms with Crippen molar-refractivity contribution in [1.29, 1.82) is 0 Å². The zero-order chi connectivity index (χ0) is 13.8. The number of aromatic amines is 1. The van der Waals surface area contributed by atoms with Gasteiger partial charge in [-0.3, -0.25) is 9.69 Å². The molecule has 7 heteroatoms. The molecule has 0 spiro atoms. The molecule has 2 aromatic rings. The Morgan fingerprint density at radius 1 is 1.58 bits per heavy atom. The Morgan fingerprint density at radius 3 is 2.95 bits per heavy atom. The number of imidazole rings is 1. The molecule has 1 atom stereocenters. The van der Waals surface area contributed by atoms with Gasteiger partial charge in [-0.15, -0.1) is 11.3 Å². The van der Waals surface area contributed by atoms with Crippen LogP contribution >= 0.6 is 11.3 Å². The summed E-state index contributed by atoms with van der Waals surface area (Å²) in [6.07, 6.45) is 3.45. The summed E-state index contributed by atoms with van der Waals surface area (Å²) in [7, 11) is 1.89. The fraction of sp³-hybridized carbons (Fsp3) is 0.417. The largest absolute Gasteiger partial charge is 0.345 e. The van der Waals surface area contributed by atoms with Crippen LogP contribution in [-0.2, 0) is 11.3 Å². The number of aryl methyl sites for hydroxylation is 1. The number of carbonyl (C=O) groups is 1. The molecule has 2 aromatic heterocycles. The molecule has 0 aliphatic carbocycles. The van der Waals surface area contributed by atoms with Gasteiger partial charge < -0.3 is 10.3 Å². The van der Waals surface area contributed by atoms with Crippen molar-refractivity contribution in [3.8, 4) is 0 Å². The van der Waals surface area contributed by atoms with Gasteiger partial charge in [0.2, 0.25) is 5.91 Å². The predicted molar refractivity (Wildman–Crippen MR) is 75.0 cm³/mol. The number of thiazole rings is 1. The number of hydrogen-bond donors (Lipinski definition) is 2. The second kappa shape index (κ2) is 5.94. The van der Waals surface area contributed by atoms with Crippen molar-refractivity contribution in [3.63, 3.8) is 0 Å². The maximum Gasteiger partial charge on any atom is 0.243 e. The molecule has 2 rings (SSSR count). The topological polar surface area (TPSA) is 73.9 Å².